The number of non-ortho nitro benzene ring substituents is 1. The second-order valence-corrected chi connectivity index (χ2v) is 9.22. The highest BCUT2D eigenvalue weighted by atomic mass is 16.6. The Morgan fingerprint density at radius 3 is 1.79 bits per heavy atom. The number of ketones is 2. The highest BCUT2D eigenvalue weighted by Crippen LogP contribution is 2.46. The maximum Gasteiger partial charge on any atom is 0.343 e. The Kier molecular flexibility index (Phi) is 9.26. The summed E-state index contributed by atoms with van der Waals surface area (Å²) in [6.07, 6.45) is 1.07. The minimum Gasteiger partial charge on any atom is -0.504 e. The van der Waals surface area contributed by atoms with E-state index in [1.807, 2.05) is 6.92 Å². The Bertz CT molecular complexity index is 1700. The highest BCUT2D eigenvalue weighted by Gasteiger charge is 2.37. The van der Waals surface area contributed by atoms with Crippen LogP contribution in [0.1, 0.15) is 72.3 Å². The molecule has 0 aliphatic heterocycles. The third kappa shape index (κ3) is 6.41. The number of nitrogens with zero attached hydrogens (tertiary/aromatic N) is 1. The molecular weight excluding hydrogens is 558 g/mol. The molecule has 0 amide bonds. The molecule has 0 aromatic heterocycles. The van der Waals surface area contributed by atoms with Crippen LogP contribution in [0.3, 0.4) is 0 Å². The normalized spacial score (nSPS) is 10.5. The Balaban J connectivity index is 2.03. The average molecular weight is 584 g/mol. The standard InChI is InChI=1S/C32H25NO10/c1-2-3-18-42-32(39)23-24(26(34)19-10-6-4-7-11-19)28(36)29(37)30(43-31(38)21-12-8-5-9-13-21)25(23)27(35)20-14-16-22(17-15-20)33(40)41/h4-17,36-37H,2-3,18H2,1H3. The van der Waals surface area contributed by atoms with E-state index in [-0.39, 0.29) is 29.0 Å². The molecule has 0 aliphatic carbocycles. The smallest absolute Gasteiger partial charge is 0.343 e. The van der Waals surface area contributed by atoms with Crippen LogP contribution >= 0.6 is 0 Å². The summed E-state index contributed by atoms with van der Waals surface area (Å²) in [7, 11) is 0. The molecule has 11 heteroatoms. The van der Waals surface area contributed by atoms with Crippen molar-refractivity contribution in [1.82, 2.24) is 0 Å². The summed E-state index contributed by atoms with van der Waals surface area (Å²) >= 11 is 0. The van der Waals surface area contributed by atoms with E-state index < -0.39 is 62.4 Å². The number of hydrogen-bond donors (Lipinski definition) is 2. The van der Waals surface area contributed by atoms with E-state index in [0.29, 0.717) is 12.8 Å². The molecule has 0 aliphatic rings. The molecule has 4 aromatic carbocycles. The number of phenolic OH excluding ortho intramolecular Hbond substituents is 2. The fourth-order valence-corrected chi connectivity index (χ4v) is 4.16. The van der Waals surface area contributed by atoms with Crippen LogP contribution in [-0.4, -0.2) is 45.2 Å². The molecule has 4 rings (SSSR count). The van der Waals surface area contributed by atoms with Crippen LogP contribution in [-0.2, 0) is 4.74 Å². The number of nitro benzene ring substituents is 1. The van der Waals surface area contributed by atoms with Gasteiger partial charge in [0.05, 0.1) is 33.8 Å². The summed E-state index contributed by atoms with van der Waals surface area (Å²) < 4.78 is 10.8. The van der Waals surface area contributed by atoms with Crippen molar-refractivity contribution in [3.8, 4) is 17.2 Å². The molecule has 4 aromatic rings. The lowest BCUT2D eigenvalue weighted by Crippen LogP contribution is -2.22. The molecule has 0 unspecified atom stereocenters. The van der Waals surface area contributed by atoms with Gasteiger partial charge >= 0.3 is 11.9 Å². The van der Waals surface area contributed by atoms with Crippen LogP contribution < -0.4 is 4.74 Å². The number of nitro groups is 1. The zero-order valence-corrected chi connectivity index (χ0v) is 22.8. The lowest BCUT2D eigenvalue weighted by Gasteiger charge is -2.20. The number of carbonyl (C=O) groups excluding carboxylic acids is 4. The molecule has 0 atom stereocenters. The van der Waals surface area contributed by atoms with Gasteiger partial charge in [-0.3, -0.25) is 19.7 Å². The first-order valence-corrected chi connectivity index (χ1v) is 13.1. The van der Waals surface area contributed by atoms with Gasteiger partial charge in [0.2, 0.25) is 5.75 Å². The maximum absolute atomic E-state index is 14.0. The molecule has 0 fully saturated rings. The zero-order valence-electron chi connectivity index (χ0n) is 22.8. The van der Waals surface area contributed by atoms with Gasteiger partial charge in [0, 0.05) is 23.3 Å². The van der Waals surface area contributed by atoms with Gasteiger partial charge in [-0.1, -0.05) is 61.9 Å². The van der Waals surface area contributed by atoms with Gasteiger partial charge in [-0.15, -0.1) is 0 Å². The van der Waals surface area contributed by atoms with Gasteiger partial charge in [0.25, 0.3) is 5.69 Å². The van der Waals surface area contributed by atoms with Crippen molar-refractivity contribution >= 4 is 29.2 Å². The second kappa shape index (κ2) is 13.2. The van der Waals surface area contributed by atoms with Crippen LogP contribution in [0.4, 0.5) is 5.69 Å². The highest BCUT2D eigenvalue weighted by molar-refractivity contribution is 6.24. The van der Waals surface area contributed by atoms with E-state index >= 15 is 0 Å². The number of phenols is 2. The van der Waals surface area contributed by atoms with E-state index in [0.717, 1.165) is 24.3 Å². The number of unbranched alkanes of at least 4 members (excludes halogenated alkanes) is 1. The van der Waals surface area contributed by atoms with Crippen molar-refractivity contribution in [3.05, 3.63) is 128 Å². The van der Waals surface area contributed by atoms with Crippen molar-refractivity contribution in [1.29, 1.82) is 0 Å². The Labute approximate surface area is 245 Å². The molecule has 0 heterocycles. The van der Waals surface area contributed by atoms with Crippen molar-refractivity contribution in [2.75, 3.05) is 6.61 Å². The van der Waals surface area contributed by atoms with Crippen LogP contribution in [0.5, 0.6) is 17.2 Å². The van der Waals surface area contributed by atoms with Crippen LogP contribution in [0.15, 0.2) is 84.9 Å². The summed E-state index contributed by atoms with van der Waals surface area (Å²) in [5, 5.41) is 33.4. The molecule has 0 saturated carbocycles. The van der Waals surface area contributed by atoms with Crippen molar-refractivity contribution in [3.63, 3.8) is 0 Å². The van der Waals surface area contributed by atoms with Gasteiger partial charge in [0.1, 0.15) is 0 Å². The monoisotopic (exact) mass is 583 g/mol. The van der Waals surface area contributed by atoms with Crippen LogP contribution in [0.2, 0.25) is 0 Å². The van der Waals surface area contributed by atoms with E-state index in [2.05, 4.69) is 0 Å². The number of benzene rings is 4. The number of rotatable bonds is 11. The van der Waals surface area contributed by atoms with Crippen molar-refractivity contribution < 1.29 is 43.8 Å². The first-order valence-electron chi connectivity index (χ1n) is 13.1. The Hall–Kier alpha value is -5.84. The summed E-state index contributed by atoms with van der Waals surface area (Å²) in [5.74, 6) is -7.42. The van der Waals surface area contributed by atoms with Crippen LogP contribution in [0.25, 0.3) is 0 Å². The summed E-state index contributed by atoms with van der Waals surface area (Å²) in [5.41, 5.74) is -2.80. The fraction of sp³-hybridized carbons (Fsp3) is 0.125. The quantitative estimate of drug-likeness (QED) is 0.0428. The predicted molar refractivity (Wildman–Crippen MR) is 153 cm³/mol. The van der Waals surface area contributed by atoms with E-state index in [9.17, 15) is 39.5 Å². The topological polar surface area (TPSA) is 170 Å². The largest absolute Gasteiger partial charge is 0.504 e. The van der Waals surface area contributed by atoms with E-state index in [4.69, 9.17) is 9.47 Å². The molecule has 0 radical (unpaired) electrons. The minimum atomic E-state index is -1.20. The molecule has 2 N–H and O–H groups in total. The Morgan fingerprint density at radius 1 is 0.698 bits per heavy atom. The zero-order chi connectivity index (χ0) is 31.1. The summed E-state index contributed by atoms with van der Waals surface area (Å²) in [6.45, 7) is 1.73. The van der Waals surface area contributed by atoms with E-state index in [1.54, 1.807) is 12.1 Å². The third-order valence-electron chi connectivity index (χ3n) is 6.37. The molecule has 218 valence electrons. The lowest BCUT2D eigenvalue weighted by atomic mass is 9.88. The number of esters is 2. The number of aromatic hydroxyl groups is 2. The lowest BCUT2D eigenvalue weighted by molar-refractivity contribution is -0.384. The van der Waals surface area contributed by atoms with Gasteiger partial charge in [-0.2, -0.15) is 0 Å². The van der Waals surface area contributed by atoms with Gasteiger partial charge in [-0.05, 0) is 30.7 Å². The Morgan fingerprint density at radius 2 is 1.23 bits per heavy atom. The third-order valence-corrected chi connectivity index (χ3v) is 6.37. The van der Waals surface area contributed by atoms with Gasteiger partial charge < -0.3 is 19.7 Å². The molecule has 0 spiro atoms. The number of ether oxygens (including phenoxy) is 2. The number of hydrogen-bond acceptors (Lipinski definition) is 10. The molecule has 0 saturated heterocycles. The van der Waals surface area contributed by atoms with E-state index in [1.165, 1.54) is 48.5 Å². The van der Waals surface area contributed by atoms with Gasteiger partial charge in [0.15, 0.2) is 23.1 Å². The fourth-order valence-electron chi connectivity index (χ4n) is 4.16. The molecule has 11 nitrogen and oxygen atoms in total. The minimum absolute atomic E-state index is 0.00238. The number of carbonyl (C=O) groups is 4. The summed E-state index contributed by atoms with van der Waals surface area (Å²) in [4.78, 5) is 64.9. The van der Waals surface area contributed by atoms with Crippen molar-refractivity contribution in [2.45, 2.75) is 19.8 Å². The predicted octanol–water partition coefficient (Wildman–Crippen LogP) is 5.64. The van der Waals surface area contributed by atoms with Gasteiger partial charge in [-0.25, -0.2) is 9.59 Å². The second-order valence-electron chi connectivity index (χ2n) is 9.22. The van der Waals surface area contributed by atoms with Crippen LogP contribution in [0, 0.1) is 10.1 Å². The molecule has 0 bridgehead atoms. The first-order chi connectivity index (χ1) is 20.6. The maximum atomic E-state index is 14.0. The summed E-state index contributed by atoms with van der Waals surface area (Å²) in [6, 6.07) is 19.2. The molecular formula is C32H25NO10. The average Bonchev–Trinajstić information content (AvgIpc) is 3.03. The van der Waals surface area contributed by atoms with Crippen molar-refractivity contribution in [2.24, 2.45) is 0 Å². The molecule has 43 heavy (non-hydrogen) atoms. The SMILES string of the molecule is CCCCOC(=O)c1c(C(=O)c2ccccc2)c(O)c(O)c(OC(=O)c2ccccc2)c1C(=O)c1ccc([N+](=O)[O-])cc1. The first kappa shape index (κ1) is 30.1.